The maximum Gasteiger partial charge on any atom is 0.157 e. The molecule has 0 aromatic carbocycles. The lowest BCUT2D eigenvalue weighted by atomic mass is 9.47. The molecule has 23 heavy (non-hydrogen) atoms. The average Bonchev–Trinajstić information content (AvgIpc) is 2.47. The maximum absolute atomic E-state index is 10.9. The molecule has 1 fully saturated rings. The van der Waals surface area contributed by atoms with Gasteiger partial charge >= 0.3 is 0 Å². The first-order chi connectivity index (χ1) is 10.7. The Morgan fingerprint density at radius 1 is 1.04 bits per heavy atom. The number of rotatable bonds is 2. The molecule has 3 aliphatic rings. The van der Waals surface area contributed by atoms with Gasteiger partial charge in [-0.3, -0.25) is 0 Å². The Hall–Kier alpha value is -0.380. The maximum atomic E-state index is 10.9. The molecule has 3 heteroatoms. The molecular weight excluding hydrogens is 288 g/mol. The van der Waals surface area contributed by atoms with Crippen LogP contribution in [-0.2, 0) is 0 Å². The minimum absolute atomic E-state index is 0.0349. The molecule has 0 saturated heterocycles. The number of hydrogen-bond acceptors (Lipinski definition) is 3. The molecule has 1 saturated carbocycles. The van der Waals surface area contributed by atoms with Gasteiger partial charge in [-0.25, -0.2) is 0 Å². The third-order valence-electron chi connectivity index (χ3n) is 7.69. The van der Waals surface area contributed by atoms with E-state index in [9.17, 15) is 15.3 Å². The van der Waals surface area contributed by atoms with Crippen molar-refractivity contribution in [3.05, 3.63) is 11.1 Å². The van der Waals surface area contributed by atoms with Crippen molar-refractivity contribution in [3.8, 4) is 0 Å². The molecule has 0 aromatic rings. The fourth-order valence-corrected chi connectivity index (χ4v) is 6.25. The van der Waals surface area contributed by atoms with Crippen molar-refractivity contribution in [1.29, 1.82) is 0 Å². The number of aliphatic hydroxyl groups excluding tert-OH is 2. The van der Waals surface area contributed by atoms with Crippen LogP contribution in [0.25, 0.3) is 0 Å². The van der Waals surface area contributed by atoms with Crippen LogP contribution in [0.2, 0.25) is 0 Å². The van der Waals surface area contributed by atoms with Crippen LogP contribution in [0.1, 0.15) is 72.6 Å². The zero-order valence-electron chi connectivity index (χ0n) is 15.2. The summed E-state index contributed by atoms with van der Waals surface area (Å²) in [6.07, 6.45) is 5.59. The van der Waals surface area contributed by atoms with Crippen LogP contribution in [0.15, 0.2) is 11.1 Å². The molecule has 0 amide bonds. The molecule has 0 radical (unpaired) electrons. The fourth-order valence-electron chi connectivity index (χ4n) is 6.25. The molecule has 0 unspecified atom stereocenters. The van der Waals surface area contributed by atoms with Gasteiger partial charge in [0.25, 0.3) is 0 Å². The molecule has 3 N–H and O–H groups in total. The Morgan fingerprint density at radius 2 is 1.74 bits per heavy atom. The Bertz CT molecular complexity index is 495. The molecule has 132 valence electrons. The SMILES string of the molecule is CC(C)[C@@H]1CCC2=C(CC[C@H]3[C@](C)(C(O)O)CCC[C@]23C)[C@H]1O. The smallest absolute Gasteiger partial charge is 0.157 e. The van der Waals surface area contributed by atoms with E-state index in [1.165, 1.54) is 11.1 Å². The van der Waals surface area contributed by atoms with Gasteiger partial charge in [-0.1, -0.05) is 39.7 Å². The van der Waals surface area contributed by atoms with Crippen molar-refractivity contribution in [2.24, 2.45) is 28.6 Å². The van der Waals surface area contributed by atoms with Crippen molar-refractivity contribution >= 4 is 0 Å². The minimum Gasteiger partial charge on any atom is -0.388 e. The topological polar surface area (TPSA) is 60.7 Å². The van der Waals surface area contributed by atoms with Gasteiger partial charge in [0.05, 0.1) is 6.10 Å². The van der Waals surface area contributed by atoms with E-state index in [0.29, 0.717) is 17.8 Å². The summed E-state index contributed by atoms with van der Waals surface area (Å²) in [6.45, 7) is 8.81. The Kier molecular flexibility index (Phi) is 4.44. The van der Waals surface area contributed by atoms with Gasteiger partial charge in [0.2, 0.25) is 0 Å². The molecule has 0 bridgehead atoms. The summed E-state index contributed by atoms with van der Waals surface area (Å²) in [5, 5.41) is 31.0. The summed E-state index contributed by atoms with van der Waals surface area (Å²) in [4.78, 5) is 0. The van der Waals surface area contributed by atoms with Crippen molar-refractivity contribution in [2.75, 3.05) is 0 Å². The molecule has 3 nitrogen and oxygen atoms in total. The Balaban J connectivity index is 1.99. The standard InChI is InChI=1S/C20H34O3/c1-12(2)13-6-8-15-14(17(13)21)7-9-16-19(15,3)10-5-11-20(16,4)18(22)23/h12-13,16-18,21-23H,5-11H2,1-4H3/t13-,16+,17-,19+,20+/m0/s1. The van der Waals surface area contributed by atoms with Crippen LogP contribution in [0.4, 0.5) is 0 Å². The zero-order valence-corrected chi connectivity index (χ0v) is 15.2. The van der Waals surface area contributed by atoms with Crippen LogP contribution >= 0.6 is 0 Å². The van der Waals surface area contributed by atoms with Gasteiger partial charge < -0.3 is 15.3 Å². The third-order valence-corrected chi connectivity index (χ3v) is 7.69. The second-order valence-electron chi connectivity index (χ2n) is 9.14. The molecule has 0 aromatic heterocycles. The van der Waals surface area contributed by atoms with Crippen molar-refractivity contribution < 1.29 is 15.3 Å². The van der Waals surface area contributed by atoms with Gasteiger partial charge in [-0.2, -0.15) is 0 Å². The molecule has 0 heterocycles. The average molecular weight is 322 g/mol. The normalized spacial score (nSPS) is 44.5. The highest BCUT2D eigenvalue weighted by Crippen LogP contribution is 2.62. The van der Waals surface area contributed by atoms with Crippen molar-refractivity contribution in [2.45, 2.75) is 85.0 Å². The van der Waals surface area contributed by atoms with E-state index in [-0.39, 0.29) is 11.5 Å². The zero-order chi connectivity index (χ0) is 17.0. The summed E-state index contributed by atoms with van der Waals surface area (Å²) in [7, 11) is 0. The predicted octanol–water partition coefficient (Wildman–Crippen LogP) is 3.63. The van der Waals surface area contributed by atoms with E-state index in [2.05, 4.69) is 27.7 Å². The minimum atomic E-state index is -1.24. The Labute approximate surface area is 140 Å². The van der Waals surface area contributed by atoms with Crippen LogP contribution < -0.4 is 0 Å². The van der Waals surface area contributed by atoms with E-state index in [1.807, 2.05) is 0 Å². The summed E-state index contributed by atoms with van der Waals surface area (Å²) in [5.74, 6) is 1.21. The lowest BCUT2D eigenvalue weighted by Gasteiger charge is -2.58. The lowest BCUT2D eigenvalue weighted by Crippen LogP contribution is -2.53. The highest BCUT2D eigenvalue weighted by Gasteiger charge is 2.56. The molecule has 3 rings (SSSR count). The molecule has 0 spiro atoms. The second-order valence-corrected chi connectivity index (χ2v) is 9.14. The van der Waals surface area contributed by atoms with Crippen LogP contribution in [0.3, 0.4) is 0 Å². The summed E-state index contributed by atoms with van der Waals surface area (Å²) >= 11 is 0. The summed E-state index contributed by atoms with van der Waals surface area (Å²) < 4.78 is 0. The molecular formula is C20H34O3. The van der Waals surface area contributed by atoms with Gasteiger partial charge in [-0.05, 0) is 67.3 Å². The highest BCUT2D eigenvalue weighted by molar-refractivity contribution is 5.33. The first kappa shape index (κ1) is 17.4. The van der Waals surface area contributed by atoms with E-state index < -0.39 is 11.7 Å². The van der Waals surface area contributed by atoms with E-state index >= 15 is 0 Å². The van der Waals surface area contributed by atoms with E-state index in [0.717, 1.165) is 44.9 Å². The number of allylic oxidation sites excluding steroid dienone is 1. The highest BCUT2D eigenvalue weighted by atomic mass is 16.5. The molecule has 0 aliphatic heterocycles. The summed E-state index contributed by atoms with van der Waals surface area (Å²) in [6, 6.07) is 0. The first-order valence-electron chi connectivity index (χ1n) is 9.48. The molecule has 5 atom stereocenters. The van der Waals surface area contributed by atoms with Gasteiger partial charge in [0.1, 0.15) is 0 Å². The van der Waals surface area contributed by atoms with Crippen LogP contribution in [0, 0.1) is 28.6 Å². The summed E-state index contributed by atoms with van der Waals surface area (Å²) in [5.41, 5.74) is 2.38. The Morgan fingerprint density at radius 3 is 2.35 bits per heavy atom. The van der Waals surface area contributed by atoms with Crippen LogP contribution in [-0.4, -0.2) is 27.7 Å². The molecule has 3 aliphatic carbocycles. The van der Waals surface area contributed by atoms with E-state index in [1.54, 1.807) is 0 Å². The quantitative estimate of drug-likeness (QED) is 0.537. The monoisotopic (exact) mass is 322 g/mol. The van der Waals surface area contributed by atoms with Crippen molar-refractivity contribution in [1.82, 2.24) is 0 Å². The number of aliphatic hydroxyl groups is 3. The predicted molar refractivity (Wildman–Crippen MR) is 91.6 cm³/mol. The first-order valence-corrected chi connectivity index (χ1v) is 9.48. The lowest BCUT2D eigenvalue weighted by molar-refractivity contribution is -0.187. The number of hydrogen-bond donors (Lipinski definition) is 3. The fraction of sp³-hybridized carbons (Fsp3) is 0.900. The van der Waals surface area contributed by atoms with Gasteiger partial charge in [0, 0.05) is 5.41 Å². The van der Waals surface area contributed by atoms with Crippen molar-refractivity contribution in [3.63, 3.8) is 0 Å². The largest absolute Gasteiger partial charge is 0.388 e. The second kappa shape index (κ2) is 5.86. The number of fused-ring (bicyclic) bond motifs is 2. The van der Waals surface area contributed by atoms with Gasteiger partial charge in [0.15, 0.2) is 6.29 Å². The van der Waals surface area contributed by atoms with E-state index in [4.69, 9.17) is 0 Å². The third kappa shape index (κ3) is 2.51. The van der Waals surface area contributed by atoms with Gasteiger partial charge in [-0.15, -0.1) is 0 Å². The van der Waals surface area contributed by atoms with Crippen LogP contribution in [0.5, 0.6) is 0 Å².